The van der Waals surface area contributed by atoms with Gasteiger partial charge in [0.25, 0.3) is 0 Å². The van der Waals surface area contributed by atoms with Crippen molar-refractivity contribution in [1.82, 2.24) is 10.0 Å². The molecule has 0 atom stereocenters. The number of nitrogens with one attached hydrogen (secondary N) is 2. The van der Waals surface area contributed by atoms with Crippen molar-refractivity contribution in [3.05, 3.63) is 64.7 Å². The van der Waals surface area contributed by atoms with Crippen LogP contribution >= 0.6 is 11.6 Å². The first-order valence-corrected chi connectivity index (χ1v) is 11.4. The topological polar surface area (TPSA) is 75.3 Å². The van der Waals surface area contributed by atoms with Crippen LogP contribution < -0.4 is 10.0 Å². The molecule has 0 bridgehead atoms. The van der Waals surface area contributed by atoms with Crippen LogP contribution in [0.1, 0.15) is 43.2 Å². The maximum atomic E-state index is 12.9. The van der Waals surface area contributed by atoms with Gasteiger partial charge in [0.15, 0.2) is 0 Å². The van der Waals surface area contributed by atoms with Gasteiger partial charge in [-0.25, -0.2) is 13.1 Å². The molecule has 2 aliphatic rings. The van der Waals surface area contributed by atoms with E-state index in [1.165, 1.54) is 0 Å². The van der Waals surface area contributed by atoms with E-state index in [2.05, 4.69) is 10.0 Å². The molecule has 0 radical (unpaired) electrons. The summed E-state index contributed by atoms with van der Waals surface area (Å²) in [6.45, 7) is 0.359. The smallest absolute Gasteiger partial charge is 0.240 e. The van der Waals surface area contributed by atoms with Crippen LogP contribution in [0.2, 0.25) is 5.02 Å². The zero-order valence-electron chi connectivity index (χ0n) is 15.4. The summed E-state index contributed by atoms with van der Waals surface area (Å²) in [7, 11) is -3.45. The van der Waals surface area contributed by atoms with Crippen LogP contribution in [-0.2, 0) is 26.8 Å². The summed E-state index contributed by atoms with van der Waals surface area (Å²) in [4.78, 5) is 13.2. The number of amides is 1. The van der Waals surface area contributed by atoms with Gasteiger partial charge in [-0.1, -0.05) is 42.3 Å². The van der Waals surface area contributed by atoms with Crippen molar-refractivity contribution in [2.24, 2.45) is 0 Å². The minimum Gasteiger partial charge on any atom is -0.351 e. The summed E-state index contributed by atoms with van der Waals surface area (Å²) in [6, 6.07) is 14.2. The molecule has 2 fully saturated rings. The summed E-state index contributed by atoms with van der Waals surface area (Å²) in [6.07, 6.45) is 4.43. The van der Waals surface area contributed by atoms with E-state index in [0.29, 0.717) is 11.6 Å². The second kappa shape index (κ2) is 7.50. The van der Waals surface area contributed by atoms with Gasteiger partial charge in [0, 0.05) is 17.6 Å². The number of sulfonamides is 1. The van der Waals surface area contributed by atoms with Gasteiger partial charge in [-0.2, -0.15) is 0 Å². The number of benzene rings is 2. The predicted molar refractivity (Wildman–Crippen MR) is 109 cm³/mol. The van der Waals surface area contributed by atoms with Crippen LogP contribution in [0.15, 0.2) is 53.4 Å². The molecule has 2 aromatic carbocycles. The Morgan fingerprint density at radius 1 is 1.11 bits per heavy atom. The van der Waals surface area contributed by atoms with Gasteiger partial charge in [-0.3, -0.25) is 4.79 Å². The average molecular weight is 419 g/mol. The Balaban J connectivity index is 1.41. The third kappa shape index (κ3) is 3.95. The highest BCUT2D eigenvalue weighted by molar-refractivity contribution is 7.89. The molecule has 0 unspecified atom stereocenters. The quantitative estimate of drug-likeness (QED) is 0.722. The molecule has 148 valence electrons. The minimum absolute atomic E-state index is 0.00638. The van der Waals surface area contributed by atoms with E-state index in [9.17, 15) is 13.2 Å². The first-order valence-electron chi connectivity index (χ1n) is 9.55. The molecule has 28 heavy (non-hydrogen) atoms. The predicted octanol–water partition coefficient (Wildman–Crippen LogP) is 3.52. The van der Waals surface area contributed by atoms with E-state index < -0.39 is 15.4 Å². The summed E-state index contributed by atoms with van der Waals surface area (Å²) in [5.74, 6) is -0.00638. The number of carbonyl (C=O) groups is 1. The van der Waals surface area contributed by atoms with Gasteiger partial charge >= 0.3 is 0 Å². The number of rotatable bonds is 7. The highest BCUT2D eigenvalue weighted by atomic mass is 35.5. The fraction of sp³-hybridized carbons (Fsp3) is 0.381. The van der Waals surface area contributed by atoms with E-state index in [1.54, 1.807) is 24.3 Å². The van der Waals surface area contributed by atoms with Crippen molar-refractivity contribution in [2.45, 2.75) is 55.0 Å². The average Bonchev–Trinajstić information content (AvgIpc) is 3.43. The lowest BCUT2D eigenvalue weighted by molar-refractivity contribution is -0.130. The monoisotopic (exact) mass is 418 g/mol. The van der Waals surface area contributed by atoms with Gasteiger partial charge in [0.2, 0.25) is 15.9 Å². The number of hydrogen-bond donors (Lipinski definition) is 2. The lowest BCUT2D eigenvalue weighted by Gasteiger charge is -2.40. The van der Waals surface area contributed by atoms with Crippen molar-refractivity contribution < 1.29 is 13.2 Å². The highest BCUT2D eigenvalue weighted by Crippen LogP contribution is 2.44. The second-order valence-electron chi connectivity index (χ2n) is 7.67. The van der Waals surface area contributed by atoms with Crippen LogP contribution in [-0.4, -0.2) is 20.4 Å². The lowest BCUT2D eigenvalue weighted by atomic mass is 9.64. The molecular weight excluding hydrogens is 396 g/mol. The van der Waals surface area contributed by atoms with Crippen molar-refractivity contribution in [3.63, 3.8) is 0 Å². The molecule has 5 nitrogen and oxygen atoms in total. The molecule has 2 saturated carbocycles. The van der Waals surface area contributed by atoms with Gasteiger partial charge < -0.3 is 5.32 Å². The third-order valence-electron chi connectivity index (χ3n) is 5.60. The molecule has 7 heteroatoms. The van der Waals surface area contributed by atoms with Gasteiger partial charge in [-0.15, -0.1) is 0 Å². The van der Waals surface area contributed by atoms with Crippen LogP contribution in [0.4, 0.5) is 0 Å². The summed E-state index contributed by atoms with van der Waals surface area (Å²) in [5.41, 5.74) is 1.30. The van der Waals surface area contributed by atoms with Gasteiger partial charge in [-0.05, 0) is 61.1 Å². The van der Waals surface area contributed by atoms with Crippen molar-refractivity contribution in [2.75, 3.05) is 0 Å². The normalized spacial score (nSPS) is 18.3. The molecule has 2 aromatic rings. The van der Waals surface area contributed by atoms with E-state index in [1.807, 2.05) is 24.3 Å². The molecule has 0 aromatic heterocycles. The van der Waals surface area contributed by atoms with Crippen molar-refractivity contribution >= 4 is 27.5 Å². The number of carbonyl (C=O) groups excluding carboxylic acids is 1. The van der Waals surface area contributed by atoms with Gasteiger partial charge in [0.1, 0.15) is 0 Å². The molecule has 0 saturated heterocycles. The Kier molecular flexibility index (Phi) is 5.21. The van der Waals surface area contributed by atoms with Crippen LogP contribution in [0.3, 0.4) is 0 Å². The fourth-order valence-corrected chi connectivity index (χ4v) is 5.09. The summed E-state index contributed by atoms with van der Waals surface area (Å²) < 4.78 is 27.1. The number of hydrogen-bond acceptors (Lipinski definition) is 3. The third-order valence-corrected chi connectivity index (χ3v) is 7.38. The maximum absolute atomic E-state index is 12.9. The minimum atomic E-state index is -3.45. The Bertz CT molecular complexity index is 981. The van der Waals surface area contributed by atoms with E-state index in [4.69, 9.17) is 11.6 Å². The molecule has 2 N–H and O–H groups in total. The largest absolute Gasteiger partial charge is 0.351 e. The Morgan fingerprint density at radius 2 is 1.82 bits per heavy atom. The van der Waals surface area contributed by atoms with Crippen LogP contribution in [0, 0.1) is 0 Å². The van der Waals surface area contributed by atoms with E-state index in [0.717, 1.165) is 43.2 Å². The molecule has 0 aliphatic heterocycles. The molecule has 2 aliphatic carbocycles. The zero-order valence-corrected chi connectivity index (χ0v) is 17.0. The molecule has 1 amide bonds. The molecular formula is C21H23ClN2O3S. The highest BCUT2D eigenvalue weighted by Gasteiger charge is 2.45. The second-order valence-corrected chi connectivity index (χ2v) is 9.82. The number of halogens is 1. The van der Waals surface area contributed by atoms with E-state index in [-0.39, 0.29) is 16.8 Å². The van der Waals surface area contributed by atoms with Gasteiger partial charge in [0.05, 0.1) is 10.3 Å². The Morgan fingerprint density at radius 3 is 2.39 bits per heavy atom. The molecule has 0 heterocycles. The lowest BCUT2D eigenvalue weighted by Crippen LogP contribution is -2.49. The first-order chi connectivity index (χ1) is 13.4. The Hall–Kier alpha value is -1.89. The standard InChI is InChI=1S/C21H23ClN2O3S/c22-17-4-1-3-16(13-17)21(11-2-12-21)20(25)23-14-15-5-9-19(10-6-15)28(26,27)24-18-7-8-18/h1,3-6,9-10,13,18,24H,2,7-8,11-12,14H2,(H,23,25). The zero-order chi connectivity index (χ0) is 19.8. The van der Waals surface area contributed by atoms with Crippen molar-refractivity contribution in [3.8, 4) is 0 Å². The maximum Gasteiger partial charge on any atom is 0.240 e. The van der Waals surface area contributed by atoms with Crippen molar-refractivity contribution in [1.29, 1.82) is 0 Å². The molecule has 4 rings (SSSR count). The summed E-state index contributed by atoms with van der Waals surface area (Å²) in [5, 5.41) is 3.65. The fourth-order valence-electron chi connectivity index (χ4n) is 3.59. The van der Waals surface area contributed by atoms with Crippen LogP contribution in [0.5, 0.6) is 0 Å². The molecule has 0 spiro atoms. The van der Waals surface area contributed by atoms with E-state index >= 15 is 0 Å². The van der Waals surface area contributed by atoms with Crippen LogP contribution in [0.25, 0.3) is 0 Å². The summed E-state index contributed by atoms with van der Waals surface area (Å²) >= 11 is 6.11. The Labute approximate surface area is 170 Å². The first kappa shape index (κ1) is 19.4. The SMILES string of the molecule is O=C(NCc1ccc(S(=O)(=O)NC2CC2)cc1)C1(c2cccc(Cl)c2)CCC1.